The lowest BCUT2D eigenvalue weighted by molar-refractivity contribution is 0.194. The first-order valence-corrected chi connectivity index (χ1v) is 5.89. The molecule has 0 spiro atoms. The summed E-state index contributed by atoms with van der Waals surface area (Å²) < 4.78 is 10.3. The third-order valence-corrected chi connectivity index (χ3v) is 2.31. The lowest BCUT2D eigenvalue weighted by Gasteiger charge is -2.07. The summed E-state index contributed by atoms with van der Waals surface area (Å²) in [6.45, 7) is 2.99. The summed E-state index contributed by atoms with van der Waals surface area (Å²) in [5, 5.41) is 12.0. The molecule has 0 unspecified atom stereocenters. The van der Waals surface area contributed by atoms with Crippen molar-refractivity contribution in [3.05, 3.63) is 29.8 Å². The number of rotatable bonds is 9. The molecule has 0 amide bonds. The van der Waals surface area contributed by atoms with E-state index in [-0.39, 0.29) is 6.61 Å². The fraction of sp³-hybridized carbons (Fsp3) is 0.538. The summed E-state index contributed by atoms with van der Waals surface area (Å²) in [7, 11) is 1.71. The molecule has 0 atom stereocenters. The predicted molar refractivity (Wildman–Crippen MR) is 67.2 cm³/mol. The largest absolute Gasteiger partial charge is 0.491 e. The first-order chi connectivity index (χ1) is 8.36. The monoisotopic (exact) mass is 239 g/mol. The van der Waals surface area contributed by atoms with E-state index in [4.69, 9.17) is 14.6 Å². The Hall–Kier alpha value is -1.10. The van der Waals surface area contributed by atoms with E-state index in [2.05, 4.69) is 5.32 Å². The molecule has 0 bridgehead atoms. The highest BCUT2D eigenvalue weighted by molar-refractivity contribution is 5.27. The Morgan fingerprint density at radius 3 is 2.59 bits per heavy atom. The average molecular weight is 239 g/mol. The molecular formula is C13H21NO3. The Bertz CT molecular complexity index is 287. The van der Waals surface area contributed by atoms with Crippen molar-refractivity contribution in [3.63, 3.8) is 0 Å². The van der Waals surface area contributed by atoms with Gasteiger partial charge >= 0.3 is 0 Å². The van der Waals surface area contributed by atoms with E-state index in [9.17, 15) is 0 Å². The van der Waals surface area contributed by atoms with Crippen molar-refractivity contribution in [3.8, 4) is 5.75 Å². The van der Waals surface area contributed by atoms with Crippen LogP contribution in [-0.2, 0) is 11.3 Å². The maximum Gasteiger partial charge on any atom is 0.119 e. The van der Waals surface area contributed by atoms with Crippen LogP contribution in [0.5, 0.6) is 5.75 Å². The molecule has 2 N–H and O–H groups in total. The fourth-order valence-electron chi connectivity index (χ4n) is 1.44. The van der Waals surface area contributed by atoms with Crippen LogP contribution in [0.2, 0.25) is 0 Å². The second-order valence-electron chi connectivity index (χ2n) is 3.74. The molecule has 0 saturated carbocycles. The minimum absolute atomic E-state index is 0.0445. The van der Waals surface area contributed by atoms with Crippen molar-refractivity contribution in [1.29, 1.82) is 0 Å². The first-order valence-electron chi connectivity index (χ1n) is 5.89. The topological polar surface area (TPSA) is 50.7 Å². The van der Waals surface area contributed by atoms with E-state index in [1.165, 1.54) is 5.56 Å². The number of aliphatic hydroxyl groups is 1. The quantitative estimate of drug-likeness (QED) is 0.635. The SMILES string of the molecule is COCCCNCc1ccc(OCCO)cc1. The Balaban J connectivity index is 2.20. The van der Waals surface area contributed by atoms with Crippen LogP contribution in [0, 0.1) is 0 Å². The lowest BCUT2D eigenvalue weighted by Crippen LogP contribution is -2.16. The van der Waals surface area contributed by atoms with Gasteiger partial charge in [0.05, 0.1) is 6.61 Å². The molecule has 1 aromatic rings. The molecule has 4 nitrogen and oxygen atoms in total. The van der Waals surface area contributed by atoms with Gasteiger partial charge in [-0.15, -0.1) is 0 Å². The van der Waals surface area contributed by atoms with Crippen LogP contribution < -0.4 is 10.1 Å². The molecule has 0 radical (unpaired) electrons. The molecule has 0 aliphatic rings. The molecule has 0 aliphatic carbocycles. The van der Waals surface area contributed by atoms with Crippen molar-refractivity contribution in [2.24, 2.45) is 0 Å². The van der Waals surface area contributed by atoms with Crippen molar-refractivity contribution in [2.45, 2.75) is 13.0 Å². The van der Waals surface area contributed by atoms with Gasteiger partial charge in [0.2, 0.25) is 0 Å². The molecule has 0 saturated heterocycles. The summed E-state index contributed by atoms with van der Waals surface area (Å²) in [5.74, 6) is 0.794. The summed E-state index contributed by atoms with van der Waals surface area (Å²) >= 11 is 0. The smallest absolute Gasteiger partial charge is 0.119 e. The van der Waals surface area contributed by atoms with Crippen LogP contribution in [0.25, 0.3) is 0 Å². The Morgan fingerprint density at radius 2 is 1.94 bits per heavy atom. The highest BCUT2D eigenvalue weighted by Gasteiger charge is 1.95. The number of methoxy groups -OCH3 is 1. The highest BCUT2D eigenvalue weighted by atomic mass is 16.5. The van der Waals surface area contributed by atoms with Gasteiger partial charge in [-0.2, -0.15) is 0 Å². The minimum atomic E-state index is 0.0445. The molecule has 17 heavy (non-hydrogen) atoms. The summed E-state index contributed by atoms with van der Waals surface area (Å²) in [6, 6.07) is 7.88. The van der Waals surface area contributed by atoms with Gasteiger partial charge in [-0.25, -0.2) is 0 Å². The van der Waals surface area contributed by atoms with Gasteiger partial charge in [0.25, 0.3) is 0 Å². The zero-order valence-electron chi connectivity index (χ0n) is 10.3. The first kappa shape index (κ1) is 14.0. The van der Waals surface area contributed by atoms with Crippen LogP contribution in [-0.4, -0.2) is 38.6 Å². The number of ether oxygens (including phenoxy) is 2. The Kier molecular flexibility index (Phi) is 7.38. The van der Waals surface area contributed by atoms with Crippen LogP contribution in [0.1, 0.15) is 12.0 Å². The van der Waals surface area contributed by atoms with Gasteiger partial charge in [-0.1, -0.05) is 12.1 Å². The predicted octanol–water partition coefficient (Wildman–Crippen LogP) is 1.18. The zero-order valence-corrected chi connectivity index (χ0v) is 10.3. The summed E-state index contributed by atoms with van der Waals surface area (Å²) in [6.07, 6.45) is 1.02. The van der Waals surface area contributed by atoms with Crippen molar-refractivity contribution >= 4 is 0 Å². The Labute approximate surface area is 103 Å². The average Bonchev–Trinajstić information content (AvgIpc) is 2.37. The second kappa shape index (κ2) is 8.98. The summed E-state index contributed by atoms with van der Waals surface area (Å²) in [5.41, 5.74) is 1.22. The number of hydrogen-bond acceptors (Lipinski definition) is 4. The van der Waals surface area contributed by atoms with Gasteiger partial charge < -0.3 is 19.9 Å². The Morgan fingerprint density at radius 1 is 1.18 bits per heavy atom. The highest BCUT2D eigenvalue weighted by Crippen LogP contribution is 2.11. The molecular weight excluding hydrogens is 218 g/mol. The third kappa shape index (κ3) is 6.26. The van der Waals surface area contributed by atoms with E-state index in [0.29, 0.717) is 6.61 Å². The van der Waals surface area contributed by atoms with E-state index < -0.39 is 0 Å². The minimum Gasteiger partial charge on any atom is -0.491 e. The maximum absolute atomic E-state index is 8.62. The van der Waals surface area contributed by atoms with Gasteiger partial charge in [-0.3, -0.25) is 0 Å². The normalized spacial score (nSPS) is 10.5. The molecule has 1 rings (SSSR count). The van der Waals surface area contributed by atoms with E-state index >= 15 is 0 Å². The van der Waals surface area contributed by atoms with Crippen LogP contribution >= 0.6 is 0 Å². The number of nitrogens with one attached hydrogen (secondary N) is 1. The molecule has 0 fully saturated rings. The maximum atomic E-state index is 8.62. The van der Waals surface area contributed by atoms with E-state index in [1.807, 2.05) is 24.3 Å². The van der Waals surface area contributed by atoms with Gasteiger partial charge in [0, 0.05) is 20.3 Å². The number of hydrogen-bond donors (Lipinski definition) is 2. The molecule has 1 aromatic carbocycles. The van der Waals surface area contributed by atoms with Crippen molar-refractivity contribution < 1.29 is 14.6 Å². The molecule has 0 heterocycles. The third-order valence-electron chi connectivity index (χ3n) is 2.31. The number of benzene rings is 1. The molecule has 96 valence electrons. The van der Waals surface area contributed by atoms with E-state index in [1.54, 1.807) is 7.11 Å². The van der Waals surface area contributed by atoms with Gasteiger partial charge in [0.1, 0.15) is 12.4 Å². The van der Waals surface area contributed by atoms with Crippen molar-refractivity contribution in [1.82, 2.24) is 5.32 Å². The van der Waals surface area contributed by atoms with Gasteiger partial charge in [-0.05, 0) is 30.7 Å². The fourth-order valence-corrected chi connectivity index (χ4v) is 1.44. The molecule has 0 aliphatic heterocycles. The molecule has 0 aromatic heterocycles. The van der Waals surface area contributed by atoms with Crippen LogP contribution in [0.15, 0.2) is 24.3 Å². The van der Waals surface area contributed by atoms with E-state index in [0.717, 1.165) is 31.9 Å². The van der Waals surface area contributed by atoms with Crippen molar-refractivity contribution in [2.75, 3.05) is 33.5 Å². The van der Waals surface area contributed by atoms with Crippen LogP contribution in [0.3, 0.4) is 0 Å². The standard InChI is InChI=1S/C13H21NO3/c1-16-9-2-7-14-11-12-3-5-13(6-4-12)17-10-8-15/h3-6,14-15H,2,7-11H2,1H3. The summed E-state index contributed by atoms with van der Waals surface area (Å²) in [4.78, 5) is 0. The second-order valence-corrected chi connectivity index (χ2v) is 3.74. The number of aliphatic hydroxyl groups excluding tert-OH is 1. The molecule has 4 heteroatoms. The lowest BCUT2D eigenvalue weighted by atomic mass is 10.2. The zero-order chi connectivity index (χ0) is 12.3. The van der Waals surface area contributed by atoms with Crippen LogP contribution in [0.4, 0.5) is 0 Å². The van der Waals surface area contributed by atoms with Gasteiger partial charge in [0.15, 0.2) is 0 Å².